The molecule has 1 aliphatic heterocycles. The third-order valence-corrected chi connectivity index (χ3v) is 2.85. The Balaban J connectivity index is 2.37. The van der Waals surface area contributed by atoms with Crippen molar-refractivity contribution in [2.75, 3.05) is 7.11 Å². The van der Waals surface area contributed by atoms with Crippen LogP contribution in [0.1, 0.15) is 29.3 Å². The van der Waals surface area contributed by atoms with E-state index in [1.807, 2.05) is 36.4 Å². The highest BCUT2D eigenvalue weighted by molar-refractivity contribution is 5.94. The van der Waals surface area contributed by atoms with Gasteiger partial charge in [0.1, 0.15) is 11.9 Å². The molecule has 0 fully saturated rings. The molecule has 0 aromatic heterocycles. The molecule has 0 radical (unpaired) electrons. The van der Waals surface area contributed by atoms with E-state index in [1.54, 1.807) is 6.07 Å². The van der Waals surface area contributed by atoms with Gasteiger partial charge in [0.2, 0.25) is 0 Å². The lowest BCUT2D eigenvalue weighted by molar-refractivity contribution is 0.0599. The van der Waals surface area contributed by atoms with E-state index in [0.29, 0.717) is 11.3 Å². The lowest BCUT2D eigenvalue weighted by Gasteiger charge is -2.21. The first-order valence-corrected chi connectivity index (χ1v) is 5.99. The fourth-order valence-electron chi connectivity index (χ4n) is 1.87. The number of hydrogen-bond acceptors (Lipinski definition) is 3. The van der Waals surface area contributed by atoms with Gasteiger partial charge in [-0.05, 0) is 24.6 Å². The number of rotatable bonds is 3. The molecule has 0 spiro atoms. The molecule has 1 aliphatic rings. The zero-order valence-electron chi connectivity index (χ0n) is 10.6. The molecule has 1 aromatic carbocycles. The zero-order valence-corrected chi connectivity index (χ0v) is 10.6. The third kappa shape index (κ3) is 2.45. The lowest BCUT2D eigenvalue weighted by atomic mass is 10.0. The van der Waals surface area contributed by atoms with Gasteiger partial charge in [0.15, 0.2) is 0 Å². The van der Waals surface area contributed by atoms with Gasteiger partial charge in [-0.1, -0.05) is 31.2 Å². The summed E-state index contributed by atoms with van der Waals surface area (Å²) in [5, 5.41) is 0. The fraction of sp³-hybridized carbons (Fsp3) is 0.267. The van der Waals surface area contributed by atoms with Crippen LogP contribution in [0, 0.1) is 0 Å². The maximum absolute atomic E-state index is 11.7. The van der Waals surface area contributed by atoms with Crippen molar-refractivity contribution in [3.63, 3.8) is 0 Å². The number of carbonyl (C=O) groups excluding carboxylic acids is 1. The Bertz CT molecular complexity index is 500. The number of allylic oxidation sites excluding steroid dienone is 2. The highest BCUT2D eigenvalue weighted by Crippen LogP contribution is 2.26. The summed E-state index contributed by atoms with van der Waals surface area (Å²) in [7, 11) is 1.38. The molecular formula is C15H16O3. The van der Waals surface area contributed by atoms with Crippen LogP contribution in [-0.2, 0) is 9.47 Å². The van der Waals surface area contributed by atoms with Gasteiger partial charge in [0.25, 0.3) is 0 Å². The molecule has 0 bridgehead atoms. The molecule has 1 atom stereocenters. The monoisotopic (exact) mass is 244 g/mol. The van der Waals surface area contributed by atoms with Crippen molar-refractivity contribution >= 4 is 11.7 Å². The molecule has 1 aromatic rings. The maximum atomic E-state index is 11.7. The first kappa shape index (κ1) is 12.4. The summed E-state index contributed by atoms with van der Waals surface area (Å²) in [6.45, 7) is 2.06. The molecule has 0 aliphatic carbocycles. The zero-order chi connectivity index (χ0) is 13.0. The van der Waals surface area contributed by atoms with Crippen LogP contribution in [0.5, 0.6) is 0 Å². The van der Waals surface area contributed by atoms with Crippen molar-refractivity contribution < 1.29 is 14.3 Å². The Morgan fingerprint density at radius 2 is 2.17 bits per heavy atom. The second kappa shape index (κ2) is 5.54. The molecule has 94 valence electrons. The van der Waals surface area contributed by atoms with Gasteiger partial charge in [-0.25, -0.2) is 4.79 Å². The minimum Gasteiger partial charge on any atom is -0.486 e. The summed E-state index contributed by atoms with van der Waals surface area (Å²) in [4.78, 5) is 11.7. The van der Waals surface area contributed by atoms with Crippen molar-refractivity contribution in [3.8, 4) is 0 Å². The third-order valence-electron chi connectivity index (χ3n) is 2.85. The Kier molecular flexibility index (Phi) is 3.82. The molecule has 1 unspecified atom stereocenters. The van der Waals surface area contributed by atoms with E-state index >= 15 is 0 Å². The van der Waals surface area contributed by atoms with Crippen LogP contribution in [0.2, 0.25) is 0 Å². The van der Waals surface area contributed by atoms with Crippen LogP contribution in [0.25, 0.3) is 5.76 Å². The molecule has 3 heteroatoms. The van der Waals surface area contributed by atoms with E-state index in [9.17, 15) is 4.79 Å². The summed E-state index contributed by atoms with van der Waals surface area (Å²) in [5.41, 5.74) is 1.29. The first-order valence-electron chi connectivity index (χ1n) is 5.99. The van der Waals surface area contributed by atoms with Gasteiger partial charge in [0.05, 0.1) is 12.7 Å². The molecule has 0 saturated carbocycles. The Morgan fingerprint density at radius 3 is 2.89 bits per heavy atom. The van der Waals surface area contributed by atoms with Crippen LogP contribution in [0.4, 0.5) is 0 Å². The predicted molar refractivity (Wildman–Crippen MR) is 70.1 cm³/mol. The highest BCUT2D eigenvalue weighted by atomic mass is 16.5. The number of hydrogen-bond donors (Lipinski definition) is 0. The van der Waals surface area contributed by atoms with E-state index in [-0.39, 0.29) is 12.1 Å². The number of methoxy groups -OCH3 is 1. The Labute approximate surface area is 107 Å². The quantitative estimate of drug-likeness (QED) is 0.766. The highest BCUT2D eigenvalue weighted by Gasteiger charge is 2.18. The second-order valence-corrected chi connectivity index (χ2v) is 4.02. The summed E-state index contributed by atoms with van der Waals surface area (Å²) >= 11 is 0. The maximum Gasteiger partial charge on any atom is 0.338 e. The lowest BCUT2D eigenvalue weighted by Crippen LogP contribution is -2.13. The number of esters is 1. The van der Waals surface area contributed by atoms with Gasteiger partial charge in [-0.3, -0.25) is 0 Å². The van der Waals surface area contributed by atoms with Crippen LogP contribution < -0.4 is 0 Å². The molecule has 1 heterocycles. The minimum absolute atomic E-state index is 0.0655. The summed E-state index contributed by atoms with van der Waals surface area (Å²) in [6.07, 6.45) is 6.80. The number of carbonyl (C=O) groups is 1. The van der Waals surface area contributed by atoms with Gasteiger partial charge in [0, 0.05) is 5.56 Å². The average molecular weight is 244 g/mol. The first-order chi connectivity index (χ1) is 8.76. The Hall–Kier alpha value is -2.03. The van der Waals surface area contributed by atoms with E-state index < -0.39 is 0 Å². The topological polar surface area (TPSA) is 35.5 Å². The van der Waals surface area contributed by atoms with Gasteiger partial charge in [-0.2, -0.15) is 0 Å². The fourth-order valence-corrected chi connectivity index (χ4v) is 1.87. The van der Waals surface area contributed by atoms with Crippen molar-refractivity contribution in [2.24, 2.45) is 0 Å². The van der Waals surface area contributed by atoms with E-state index in [2.05, 4.69) is 6.92 Å². The minimum atomic E-state index is -0.349. The van der Waals surface area contributed by atoms with Gasteiger partial charge >= 0.3 is 5.97 Å². The van der Waals surface area contributed by atoms with Crippen molar-refractivity contribution in [1.82, 2.24) is 0 Å². The smallest absolute Gasteiger partial charge is 0.338 e. The molecule has 0 saturated heterocycles. The van der Waals surface area contributed by atoms with Crippen LogP contribution in [-0.4, -0.2) is 19.2 Å². The summed E-state index contributed by atoms with van der Waals surface area (Å²) < 4.78 is 10.6. The molecule has 0 N–H and O–H groups in total. The second-order valence-electron chi connectivity index (χ2n) is 4.02. The summed E-state index contributed by atoms with van der Waals surface area (Å²) in [6, 6.07) is 7.30. The predicted octanol–water partition coefficient (Wildman–Crippen LogP) is 3.18. The summed E-state index contributed by atoms with van der Waals surface area (Å²) in [5.74, 6) is 0.364. The van der Waals surface area contributed by atoms with Crippen LogP contribution >= 0.6 is 0 Å². The largest absolute Gasteiger partial charge is 0.486 e. The van der Waals surface area contributed by atoms with Gasteiger partial charge < -0.3 is 9.47 Å². The molecule has 18 heavy (non-hydrogen) atoms. The van der Waals surface area contributed by atoms with Crippen molar-refractivity contribution in [3.05, 3.63) is 53.6 Å². The number of ether oxygens (including phenoxy) is 2. The average Bonchev–Trinajstić information content (AvgIpc) is 2.46. The standard InChI is InChI=1S/C15H16O3/c1-3-11-7-6-10-14(18-11)12-8-4-5-9-13(12)15(16)17-2/h4-11H,3H2,1-2H3. The van der Waals surface area contributed by atoms with E-state index in [1.165, 1.54) is 7.11 Å². The molecule has 0 amide bonds. The van der Waals surface area contributed by atoms with Gasteiger partial charge in [-0.15, -0.1) is 0 Å². The van der Waals surface area contributed by atoms with Crippen LogP contribution in [0.15, 0.2) is 42.5 Å². The van der Waals surface area contributed by atoms with Crippen molar-refractivity contribution in [2.45, 2.75) is 19.4 Å². The van der Waals surface area contributed by atoms with Crippen molar-refractivity contribution in [1.29, 1.82) is 0 Å². The Morgan fingerprint density at radius 1 is 1.39 bits per heavy atom. The SMILES string of the molecule is CCC1C=CC=C(c2ccccc2C(=O)OC)O1. The van der Waals surface area contributed by atoms with E-state index in [0.717, 1.165) is 12.0 Å². The normalized spacial score (nSPS) is 17.9. The molecular weight excluding hydrogens is 228 g/mol. The molecule has 2 rings (SSSR count). The van der Waals surface area contributed by atoms with E-state index in [4.69, 9.17) is 9.47 Å². The molecule has 3 nitrogen and oxygen atoms in total. The van der Waals surface area contributed by atoms with Crippen LogP contribution in [0.3, 0.4) is 0 Å². The number of benzene rings is 1.